The number of halogens is 1. The molecule has 2 aliphatic rings. The van der Waals surface area contributed by atoms with Crippen molar-refractivity contribution in [3.8, 4) is 0 Å². The summed E-state index contributed by atoms with van der Waals surface area (Å²) in [6.07, 6.45) is 2.93. The van der Waals surface area contributed by atoms with Crippen LogP contribution in [0.1, 0.15) is 24.8 Å². The fourth-order valence-corrected chi connectivity index (χ4v) is 3.01. The summed E-state index contributed by atoms with van der Waals surface area (Å²) in [5.41, 5.74) is 0.978. The average molecular weight is 298 g/mol. The van der Waals surface area contributed by atoms with Crippen LogP contribution >= 0.6 is 12.4 Å². The first-order valence-electron chi connectivity index (χ1n) is 6.92. The number of nitrogens with zero attached hydrogens (tertiary/aromatic N) is 1. The molecule has 2 saturated heterocycles. The standard InChI is InChI=1S/C15H19NO3.ClH/c17-15(18-11-12-5-2-1-3-6-12)19-14-9-13-7-4-8-16(13)10-14;/h1-3,5-6,13-14H,4,7-11H2;1H/t13-,14-;/m0./s1. The largest absolute Gasteiger partial charge is 0.508 e. The van der Waals surface area contributed by atoms with Crippen LogP contribution in [0.2, 0.25) is 0 Å². The van der Waals surface area contributed by atoms with Crippen LogP contribution in [0.25, 0.3) is 0 Å². The second-order valence-electron chi connectivity index (χ2n) is 5.29. The average Bonchev–Trinajstić information content (AvgIpc) is 2.98. The topological polar surface area (TPSA) is 38.8 Å². The molecule has 2 fully saturated rings. The van der Waals surface area contributed by atoms with Gasteiger partial charge in [0.05, 0.1) is 0 Å². The van der Waals surface area contributed by atoms with Crippen LogP contribution in [0.15, 0.2) is 30.3 Å². The Morgan fingerprint density at radius 3 is 2.85 bits per heavy atom. The number of ether oxygens (including phenoxy) is 2. The van der Waals surface area contributed by atoms with Crippen molar-refractivity contribution in [1.29, 1.82) is 0 Å². The van der Waals surface area contributed by atoms with E-state index in [9.17, 15) is 4.79 Å². The first kappa shape index (κ1) is 15.1. The van der Waals surface area contributed by atoms with E-state index in [4.69, 9.17) is 9.47 Å². The quantitative estimate of drug-likeness (QED) is 0.804. The molecule has 0 N–H and O–H groups in total. The molecule has 2 heterocycles. The smallest absolute Gasteiger partial charge is 0.430 e. The molecule has 0 amide bonds. The lowest BCUT2D eigenvalue weighted by Crippen LogP contribution is -2.25. The maximum Gasteiger partial charge on any atom is 0.508 e. The molecule has 2 atom stereocenters. The molecule has 0 radical (unpaired) electrons. The van der Waals surface area contributed by atoms with Crippen LogP contribution in [0.5, 0.6) is 0 Å². The highest BCUT2D eigenvalue weighted by atomic mass is 35.5. The summed E-state index contributed by atoms with van der Waals surface area (Å²) >= 11 is 0. The lowest BCUT2D eigenvalue weighted by Gasteiger charge is -2.13. The van der Waals surface area contributed by atoms with Crippen molar-refractivity contribution in [2.45, 2.75) is 38.0 Å². The Bertz CT molecular complexity index is 428. The summed E-state index contributed by atoms with van der Waals surface area (Å²) in [7, 11) is 0. The Hall–Kier alpha value is -1.26. The molecule has 3 rings (SSSR count). The van der Waals surface area contributed by atoms with E-state index in [2.05, 4.69) is 4.90 Å². The molecule has 0 unspecified atom stereocenters. The first-order chi connectivity index (χ1) is 9.31. The van der Waals surface area contributed by atoms with Crippen molar-refractivity contribution in [3.05, 3.63) is 35.9 Å². The SMILES string of the molecule is Cl.O=C(OCc1ccccc1)O[C@H]1C[C@@H]2CCCN2C1. The Balaban J connectivity index is 0.00000147. The molecule has 0 aliphatic carbocycles. The van der Waals surface area contributed by atoms with Gasteiger partial charge in [-0.05, 0) is 24.9 Å². The van der Waals surface area contributed by atoms with Gasteiger partial charge in [-0.3, -0.25) is 4.90 Å². The van der Waals surface area contributed by atoms with Crippen LogP contribution in [0.3, 0.4) is 0 Å². The summed E-state index contributed by atoms with van der Waals surface area (Å²) in [6.45, 7) is 2.29. The van der Waals surface area contributed by atoms with Crippen molar-refractivity contribution in [3.63, 3.8) is 0 Å². The highest BCUT2D eigenvalue weighted by Gasteiger charge is 2.37. The van der Waals surface area contributed by atoms with Crippen molar-refractivity contribution in [2.75, 3.05) is 13.1 Å². The molecule has 0 bridgehead atoms. The molecule has 0 spiro atoms. The van der Waals surface area contributed by atoms with Gasteiger partial charge in [0, 0.05) is 19.0 Å². The monoisotopic (exact) mass is 297 g/mol. The molecule has 110 valence electrons. The van der Waals surface area contributed by atoms with Crippen LogP contribution in [-0.2, 0) is 16.1 Å². The molecule has 2 aliphatic heterocycles. The first-order valence-corrected chi connectivity index (χ1v) is 6.92. The van der Waals surface area contributed by atoms with Crippen LogP contribution in [-0.4, -0.2) is 36.3 Å². The zero-order valence-corrected chi connectivity index (χ0v) is 12.2. The lowest BCUT2D eigenvalue weighted by atomic mass is 10.1. The summed E-state index contributed by atoms with van der Waals surface area (Å²) < 4.78 is 10.5. The van der Waals surface area contributed by atoms with Crippen molar-refractivity contribution in [2.24, 2.45) is 0 Å². The molecule has 1 aromatic rings. The third-order valence-corrected chi connectivity index (χ3v) is 3.93. The highest BCUT2D eigenvalue weighted by molar-refractivity contribution is 5.85. The maximum absolute atomic E-state index is 11.6. The fourth-order valence-electron chi connectivity index (χ4n) is 3.01. The number of fused-ring (bicyclic) bond motifs is 1. The van der Waals surface area contributed by atoms with Gasteiger partial charge in [-0.15, -0.1) is 12.4 Å². The van der Waals surface area contributed by atoms with Crippen LogP contribution in [0.4, 0.5) is 4.79 Å². The summed E-state index contributed by atoms with van der Waals surface area (Å²) in [6, 6.07) is 10.3. The molecule has 4 nitrogen and oxygen atoms in total. The van der Waals surface area contributed by atoms with E-state index in [0.29, 0.717) is 6.04 Å². The number of carbonyl (C=O) groups excluding carboxylic acids is 1. The molecule has 20 heavy (non-hydrogen) atoms. The van der Waals surface area contributed by atoms with Gasteiger partial charge in [-0.25, -0.2) is 4.79 Å². The zero-order chi connectivity index (χ0) is 13.1. The second kappa shape index (κ2) is 6.95. The predicted molar refractivity (Wildman–Crippen MR) is 78.0 cm³/mol. The molecular formula is C15H20ClNO3. The van der Waals surface area contributed by atoms with Gasteiger partial charge in [-0.1, -0.05) is 30.3 Å². The van der Waals surface area contributed by atoms with Gasteiger partial charge < -0.3 is 9.47 Å². The van der Waals surface area contributed by atoms with Gasteiger partial charge in [0.1, 0.15) is 12.7 Å². The fraction of sp³-hybridized carbons (Fsp3) is 0.533. The number of carbonyl (C=O) groups is 1. The third-order valence-electron chi connectivity index (χ3n) is 3.93. The van der Waals surface area contributed by atoms with E-state index in [1.54, 1.807) is 0 Å². The lowest BCUT2D eigenvalue weighted by molar-refractivity contribution is 0.0216. The Kier molecular flexibility index (Phi) is 5.26. The number of benzene rings is 1. The summed E-state index contributed by atoms with van der Waals surface area (Å²) in [5.74, 6) is 0. The van der Waals surface area contributed by atoms with Crippen molar-refractivity contribution < 1.29 is 14.3 Å². The normalized spacial score (nSPS) is 24.8. The highest BCUT2D eigenvalue weighted by Crippen LogP contribution is 2.29. The third kappa shape index (κ3) is 3.64. The Morgan fingerprint density at radius 1 is 1.30 bits per heavy atom. The van der Waals surface area contributed by atoms with Crippen LogP contribution in [0, 0.1) is 0 Å². The minimum atomic E-state index is -0.546. The van der Waals surface area contributed by atoms with Crippen LogP contribution < -0.4 is 0 Å². The number of hydrogen-bond donors (Lipinski definition) is 0. The van der Waals surface area contributed by atoms with E-state index in [1.807, 2.05) is 30.3 Å². The molecular weight excluding hydrogens is 278 g/mol. The van der Waals surface area contributed by atoms with Gasteiger partial charge >= 0.3 is 6.16 Å². The molecule has 0 saturated carbocycles. The number of rotatable bonds is 3. The zero-order valence-electron chi connectivity index (χ0n) is 11.4. The molecule has 1 aromatic carbocycles. The summed E-state index contributed by atoms with van der Waals surface area (Å²) in [5, 5.41) is 0. The minimum absolute atomic E-state index is 0. The van der Waals surface area contributed by atoms with E-state index < -0.39 is 6.16 Å². The van der Waals surface area contributed by atoms with Gasteiger partial charge in [0.25, 0.3) is 0 Å². The predicted octanol–water partition coefficient (Wildman–Crippen LogP) is 3.00. The molecule has 5 heteroatoms. The maximum atomic E-state index is 11.6. The minimum Gasteiger partial charge on any atom is -0.430 e. The second-order valence-corrected chi connectivity index (χ2v) is 5.29. The van der Waals surface area contributed by atoms with Gasteiger partial charge in [-0.2, -0.15) is 0 Å². The van der Waals surface area contributed by atoms with E-state index in [-0.39, 0.29) is 25.1 Å². The Morgan fingerprint density at radius 2 is 2.10 bits per heavy atom. The van der Waals surface area contributed by atoms with Crippen molar-refractivity contribution >= 4 is 18.6 Å². The number of hydrogen-bond acceptors (Lipinski definition) is 4. The van der Waals surface area contributed by atoms with Gasteiger partial charge in [0.15, 0.2) is 0 Å². The van der Waals surface area contributed by atoms with Gasteiger partial charge in [0.2, 0.25) is 0 Å². The van der Waals surface area contributed by atoms with Crippen molar-refractivity contribution in [1.82, 2.24) is 4.90 Å². The van der Waals surface area contributed by atoms with E-state index >= 15 is 0 Å². The van der Waals surface area contributed by atoms with E-state index in [1.165, 1.54) is 12.8 Å². The molecule has 0 aromatic heterocycles. The summed E-state index contributed by atoms with van der Waals surface area (Å²) in [4.78, 5) is 14.0. The Labute approximate surface area is 125 Å². The van der Waals surface area contributed by atoms with E-state index in [0.717, 1.165) is 25.1 Å².